The largest absolute Gasteiger partial charge is 0.353 e. The first-order valence-corrected chi connectivity index (χ1v) is 5.95. The van der Waals surface area contributed by atoms with Crippen molar-refractivity contribution in [2.24, 2.45) is 0 Å². The van der Waals surface area contributed by atoms with Gasteiger partial charge in [-0.25, -0.2) is 9.97 Å². The predicted molar refractivity (Wildman–Crippen MR) is 65.8 cm³/mol. The van der Waals surface area contributed by atoms with Crippen molar-refractivity contribution >= 4 is 5.82 Å². The Morgan fingerprint density at radius 3 is 2.65 bits per heavy atom. The standard InChI is InChI=1S/C12H17N5/c1-3-16-4-6-17(7-5-16)12-11(8-13)9-14-10(2)15-12/h9H,3-7H2,1-2H3. The fourth-order valence-corrected chi connectivity index (χ4v) is 2.05. The average Bonchev–Trinajstić information content (AvgIpc) is 2.39. The van der Waals surface area contributed by atoms with Crippen LogP contribution in [-0.4, -0.2) is 47.6 Å². The first-order chi connectivity index (χ1) is 8.24. The molecule has 5 heteroatoms. The Labute approximate surface area is 102 Å². The van der Waals surface area contributed by atoms with Crippen LogP contribution in [0.15, 0.2) is 6.20 Å². The molecule has 2 heterocycles. The zero-order valence-corrected chi connectivity index (χ0v) is 10.3. The Bertz CT molecular complexity index is 429. The van der Waals surface area contributed by atoms with Gasteiger partial charge in [-0.15, -0.1) is 0 Å². The van der Waals surface area contributed by atoms with Crippen LogP contribution in [0.25, 0.3) is 0 Å². The maximum absolute atomic E-state index is 9.07. The topological polar surface area (TPSA) is 56.1 Å². The summed E-state index contributed by atoms with van der Waals surface area (Å²) in [5.41, 5.74) is 0.570. The monoisotopic (exact) mass is 231 g/mol. The summed E-state index contributed by atoms with van der Waals surface area (Å²) < 4.78 is 0. The van der Waals surface area contributed by atoms with E-state index in [0.29, 0.717) is 5.56 Å². The van der Waals surface area contributed by atoms with Crippen molar-refractivity contribution < 1.29 is 0 Å². The van der Waals surface area contributed by atoms with Crippen LogP contribution >= 0.6 is 0 Å². The number of anilines is 1. The van der Waals surface area contributed by atoms with Crippen molar-refractivity contribution in [3.05, 3.63) is 17.6 Å². The summed E-state index contributed by atoms with van der Waals surface area (Å²) in [4.78, 5) is 13.0. The van der Waals surface area contributed by atoms with Crippen molar-refractivity contribution in [2.45, 2.75) is 13.8 Å². The number of hydrogen-bond acceptors (Lipinski definition) is 5. The van der Waals surface area contributed by atoms with Crippen LogP contribution in [0, 0.1) is 18.3 Å². The van der Waals surface area contributed by atoms with Crippen LogP contribution in [0.4, 0.5) is 5.82 Å². The molecule has 1 aromatic heterocycles. The van der Waals surface area contributed by atoms with Gasteiger partial charge < -0.3 is 9.80 Å². The molecule has 0 amide bonds. The molecule has 1 aliphatic rings. The van der Waals surface area contributed by atoms with Gasteiger partial charge in [-0.05, 0) is 13.5 Å². The Kier molecular flexibility index (Phi) is 3.55. The zero-order chi connectivity index (χ0) is 12.3. The molecule has 1 fully saturated rings. The summed E-state index contributed by atoms with van der Waals surface area (Å²) in [5.74, 6) is 1.51. The molecule has 1 saturated heterocycles. The highest BCUT2D eigenvalue weighted by Gasteiger charge is 2.19. The summed E-state index contributed by atoms with van der Waals surface area (Å²) in [5, 5.41) is 9.07. The van der Waals surface area contributed by atoms with E-state index >= 15 is 0 Å². The van der Waals surface area contributed by atoms with Gasteiger partial charge in [-0.2, -0.15) is 5.26 Å². The predicted octanol–water partition coefficient (Wildman–Crippen LogP) is 0.799. The quantitative estimate of drug-likeness (QED) is 0.753. The molecule has 0 bridgehead atoms. The molecule has 90 valence electrons. The number of nitrogens with zero attached hydrogens (tertiary/aromatic N) is 5. The molecule has 1 aliphatic heterocycles. The van der Waals surface area contributed by atoms with E-state index in [9.17, 15) is 0 Å². The van der Waals surface area contributed by atoms with Gasteiger partial charge in [0.25, 0.3) is 0 Å². The molecular formula is C12H17N5. The second-order valence-electron chi connectivity index (χ2n) is 4.19. The lowest BCUT2D eigenvalue weighted by Crippen LogP contribution is -2.46. The van der Waals surface area contributed by atoms with Crippen LogP contribution in [0.5, 0.6) is 0 Å². The highest BCUT2D eigenvalue weighted by molar-refractivity contribution is 5.53. The molecule has 0 spiro atoms. The minimum Gasteiger partial charge on any atom is -0.353 e. The number of hydrogen-bond donors (Lipinski definition) is 0. The van der Waals surface area contributed by atoms with E-state index in [4.69, 9.17) is 5.26 Å². The lowest BCUT2D eigenvalue weighted by atomic mass is 10.2. The summed E-state index contributed by atoms with van der Waals surface area (Å²) in [6, 6.07) is 2.17. The summed E-state index contributed by atoms with van der Waals surface area (Å²) in [6.45, 7) is 9.03. The molecule has 0 aromatic carbocycles. The Morgan fingerprint density at radius 1 is 1.35 bits per heavy atom. The van der Waals surface area contributed by atoms with Gasteiger partial charge in [0.2, 0.25) is 0 Å². The number of nitriles is 1. The zero-order valence-electron chi connectivity index (χ0n) is 10.3. The van der Waals surface area contributed by atoms with E-state index in [1.165, 1.54) is 0 Å². The smallest absolute Gasteiger partial charge is 0.150 e. The van der Waals surface area contributed by atoms with Crippen LogP contribution in [-0.2, 0) is 0 Å². The normalized spacial score (nSPS) is 16.9. The molecule has 1 aromatic rings. The molecule has 2 rings (SSSR count). The number of rotatable bonds is 2. The van der Waals surface area contributed by atoms with E-state index in [1.807, 2.05) is 6.92 Å². The second-order valence-corrected chi connectivity index (χ2v) is 4.19. The lowest BCUT2D eigenvalue weighted by Gasteiger charge is -2.35. The fourth-order valence-electron chi connectivity index (χ4n) is 2.05. The van der Waals surface area contributed by atoms with Gasteiger partial charge in [0.05, 0.1) is 6.20 Å². The van der Waals surface area contributed by atoms with Crippen molar-refractivity contribution in [1.82, 2.24) is 14.9 Å². The van der Waals surface area contributed by atoms with Crippen molar-refractivity contribution in [3.8, 4) is 6.07 Å². The minimum absolute atomic E-state index is 0.570. The molecular weight excluding hydrogens is 214 g/mol. The number of aryl methyl sites for hydroxylation is 1. The Morgan fingerprint density at radius 2 is 2.06 bits per heavy atom. The van der Waals surface area contributed by atoms with Crippen molar-refractivity contribution in [1.29, 1.82) is 5.26 Å². The van der Waals surface area contributed by atoms with E-state index in [1.54, 1.807) is 6.20 Å². The Balaban J connectivity index is 2.18. The maximum Gasteiger partial charge on any atom is 0.150 e. The van der Waals surface area contributed by atoms with Crippen LogP contribution in [0.1, 0.15) is 18.3 Å². The van der Waals surface area contributed by atoms with Gasteiger partial charge >= 0.3 is 0 Å². The third kappa shape index (κ3) is 2.53. The first kappa shape index (κ1) is 11.8. The third-order valence-electron chi connectivity index (χ3n) is 3.13. The molecule has 0 unspecified atom stereocenters. The number of aromatic nitrogens is 2. The SMILES string of the molecule is CCN1CCN(c2nc(C)ncc2C#N)CC1. The van der Waals surface area contributed by atoms with Crippen LogP contribution in [0.3, 0.4) is 0 Å². The Hall–Kier alpha value is -1.67. The summed E-state index contributed by atoms with van der Waals surface area (Å²) in [6.07, 6.45) is 1.61. The molecule has 0 aliphatic carbocycles. The van der Waals surface area contributed by atoms with Gasteiger partial charge in [-0.3, -0.25) is 0 Å². The van der Waals surface area contributed by atoms with Gasteiger partial charge in [0.1, 0.15) is 23.3 Å². The molecule has 17 heavy (non-hydrogen) atoms. The summed E-state index contributed by atoms with van der Waals surface area (Å²) in [7, 11) is 0. The number of piperazine rings is 1. The molecule has 0 atom stereocenters. The molecule has 5 nitrogen and oxygen atoms in total. The molecule has 0 radical (unpaired) electrons. The fraction of sp³-hybridized carbons (Fsp3) is 0.583. The molecule has 0 N–H and O–H groups in total. The summed E-state index contributed by atoms with van der Waals surface area (Å²) >= 11 is 0. The van der Waals surface area contributed by atoms with E-state index in [-0.39, 0.29) is 0 Å². The van der Waals surface area contributed by atoms with Gasteiger partial charge in [0.15, 0.2) is 0 Å². The van der Waals surface area contributed by atoms with Gasteiger partial charge in [-0.1, -0.05) is 6.92 Å². The minimum atomic E-state index is 0.570. The van der Waals surface area contributed by atoms with Crippen LogP contribution in [0.2, 0.25) is 0 Å². The van der Waals surface area contributed by atoms with Gasteiger partial charge in [0, 0.05) is 26.2 Å². The second kappa shape index (κ2) is 5.11. The first-order valence-electron chi connectivity index (χ1n) is 5.95. The van der Waals surface area contributed by atoms with E-state index < -0.39 is 0 Å². The molecule has 0 saturated carbocycles. The maximum atomic E-state index is 9.07. The lowest BCUT2D eigenvalue weighted by molar-refractivity contribution is 0.270. The van der Waals surface area contributed by atoms with Crippen molar-refractivity contribution in [2.75, 3.05) is 37.6 Å². The highest BCUT2D eigenvalue weighted by Crippen LogP contribution is 2.18. The van der Waals surface area contributed by atoms with Crippen molar-refractivity contribution in [3.63, 3.8) is 0 Å². The highest BCUT2D eigenvalue weighted by atomic mass is 15.3. The van der Waals surface area contributed by atoms with E-state index in [2.05, 4.69) is 32.8 Å². The average molecular weight is 231 g/mol. The van der Waals surface area contributed by atoms with Crippen LogP contribution < -0.4 is 4.90 Å². The number of likely N-dealkylation sites (N-methyl/N-ethyl adjacent to an activating group) is 1. The third-order valence-corrected chi connectivity index (χ3v) is 3.13. The van der Waals surface area contributed by atoms with E-state index in [0.717, 1.165) is 44.4 Å².